The Bertz CT molecular complexity index is 318. The Balaban J connectivity index is 1.88. The lowest BCUT2D eigenvalue weighted by molar-refractivity contribution is 0.128. The molecule has 0 unspecified atom stereocenters. The van der Waals surface area contributed by atoms with Crippen LogP contribution in [0.15, 0.2) is 12.1 Å². The first kappa shape index (κ1) is 11.3. The van der Waals surface area contributed by atoms with Crippen molar-refractivity contribution in [3.05, 3.63) is 17.8 Å². The third-order valence-electron chi connectivity index (χ3n) is 3.11. The van der Waals surface area contributed by atoms with Crippen molar-refractivity contribution < 1.29 is 9.84 Å². The maximum Gasteiger partial charge on any atom is 0.233 e. The van der Waals surface area contributed by atoms with Crippen molar-refractivity contribution >= 4 is 0 Å². The van der Waals surface area contributed by atoms with E-state index >= 15 is 0 Å². The van der Waals surface area contributed by atoms with E-state index in [0.717, 1.165) is 18.8 Å². The summed E-state index contributed by atoms with van der Waals surface area (Å²) in [4.78, 5) is 0. The average Bonchev–Trinajstić information content (AvgIpc) is 2.33. The number of aromatic nitrogens is 2. The molecule has 1 aliphatic rings. The van der Waals surface area contributed by atoms with Crippen LogP contribution in [-0.2, 0) is 6.61 Å². The Hall–Kier alpha value is -1.16. The van der Waals surface area contributed by atoms with Crippen LogP contribution in [0.4, 0.5) is 0 Å². The molecule has 4 heteroatoms. The van der Waals surface area contributed by atoms with Gasteiger partial charge in [0, 0.05) is 6.07 Å². The molecule has 1 aromatic heterocycles. The highest BCUT2D eigenvalue weighted by molar-refractivity contribution is 5.11. The Morgan fingerprint density at radius 1 is 1.25 bits per heavy atom. The van der Waals surface area contributed by atoms with Crippen molar-refractivity contribution in [2.45, 2.75) is 45.3 Å². The van der Waals surface area contributed by atoms with Crippen LogP contribution in [0.1, 0.15) is 38.3 Å². The fourth-order valence-corrected chi connectivity index (χ4v) is 2.01. The van der Waals surface area contributed by atoms with Gasteiger partial charge in [0.1, 0.15) is 6.10 Å². The van der Waals surface area contributed by atoms with Crippen molar-refractivity contribution in [1.82, 2.24) is 10.2 Å². The van der Waals surface area contributed by atoms with Gasteiger partial charge in [-0.2, -0.15) is 0 Å². The van der Waals surface area contributed by atoms with E-state index in [1.165, 1.54) is 12.8 Å². The average molecular weight is 222 g/mol. The summed E-state index contributed by atoms with van der Waals surface area (Å²) < 4.78 is 5.75. The Kier molecular flexibility index (Phi) is 3.72. The van der Waals surface area contributed by atoms with E-state index in [4.69, 9.17) is 9.84 Å². The van der Waals surface area contributed by atoms with E-state index in [-0.39, 0.29) is 12.7 Å². The zero-order valence-electron chi connectivity index (χ0n) is 9.59. The molecule has 2 rings (SSSR count). The van der Waals surface area contributed by atoms with Crippen LogP contribution in [0.5, 0.6) is 5.88 Å². The summed E-state index contributed by atoms with van der Waals surface area (Å²) in [6.07, 6.45) is 4.94. The van der Waals surface area contributed by atoms with Crippen LogP contribution in [0.25, 0.3) is 0 Å². The first-order valence-electron chi connectivity index (χ1n) is 5.88. The van der Waals surface area contributed by atoms with E-state index in [0.29, 0.717) is 11.6 Å². The molecule has 1 aliphatic carbocycles. The number of nitrogens with zero attached hydrogens (tertiary/aromatic N) is 2. The molecule has 0 amide bonds. The molecular formula is C12H18N2O2. The second-order valence-electron chi connectivity index (χ2n) is 4.52. The van der Waals surface area contributed by atoms with Crippen molar-refractivity contribution in [2.75, 3.05) is 0 Å². The van der Waals surface area contributed by atoms with Gasteiger partial charge in [-0.25, -0.2) is 0 Å². The fourth-order valence-electron chi connectivity index (χ4n) is 2.01. The predicted octanol–water partition coefficient (Wildman–Crippen LogP) is 1.93. The van der Waals surface area contributed by atoms with Crippen LogP contribution in [0, 0.1) is 5.92 Å². The number of ether oxygens (including phenoxy) is 1. The van der Waals surface area contributed by atoms with Crippen LogP contribution in [0.2, 0.25) is 0 Å². The summed E-state index contributed by atoms with van der Waals surface area (Å²) >= 11 is 0. The monoisotopic (exact) mass is 222 g/mol. The van der Waals surface area contributed by atoms with Gasteiger partial charge in [-0.3, -0.25) is 0 Å². The van der Waals surface area contributed by atoms with Gasteiger partial charge in [-0.1, -0.05) is 6.92 Å². The molecule has 0 aliphatic heterocycles. The van der Waals surface area contributed by atoms with Crippen molar-refractivity contribution in [1.29, 1.82) is 0 Å². The van der Waals surface area contributed by atoms with Crippen LogP contribution >= 0.6 is 0 Å². The van der Waals surface area contributed by atoms with Crippen molar-refractivity contribution in [3.8, 4) is 5.88 Å². The molecule has 16 heavy (non-hydrogen) atoms. The summed E-state index contributed by atoms with van der Waals surface area (Å²) in [6.45, 7) is 2.21. The van der Waals surface area contributed by atoms with Crippen LogP contribution < -0.4 is 4.74 Å². The molecule has 0 aromatic carbocycles. The Morgan fingerprint density at radius 2 is 2.00 bits per heavy atom. The first-order valence-corrected chi connectivity index (χ1v) is 5.88. The van der Waals surface area contributed by atoms with Gasteiger partial charge in [0.2, 0.25) is 5.88 Å². The lowest BCUT2D eigenvalue weighted by atomic mass is 9.89. The largest absolute Gasteiger partial charge is 0.473 e. The smallest absolute Gasteiger partial charge is 0.233 e. The lowest BCUT2D eigenvalue weighted by Gasteiger charge is -2.26. The number of rotatable bonds is 3. The zero-order chi connectivity index (χ0) is 11.4. The highest BCUT2D eigenvalue weighted by Gasteiger charge is 2.19. The topological polar surface area (TPSA) is 55.2 Å². The van der Waals surface area contributed by atoms with E-state index in [2.05, 4.69) is 17.1 Å². The standard InChI is InChI=1S/C12H18N2O2/c1-9-2-5-11(6-3-9)16-12-7-4-10(8-15)13-14-12/h4,7,9,11,15H,2-3,5-6,8H2,1H3. The molecule has 1 fully saturated rings. The Labute approximate surface area is 95.7 Å². The van der Waals surface area contributed by atoms with Crippen LogP contribution in [0.3, 0.4) is 0 Å². The van der Waals surface area contributed by atoms with Gasteiger partial charge >= 0.3 is 0 Å². The molecule has 0 bridgehead atoms. The van der Waals surface area contributed by atoms with E-state index < -0.39 is 0 Å². The maximum absolute atomic E-state index is 8.84. The number of hydrogen-bond acceptors (Lipinski definition) is 4. The normalized spacial score (nSPS) is 25.4. The quantitative estimate of drug-likeness (QED) is 0.849. The minimum Gasteiger partial charge on any atom is -0.473 e. The fraction of sp³-hybridized carbons (Fsp3) is 0.667. The highest BCUT2D eigenvalue weighted by atomic mass is 16.5. The van der Waals surface area contributed by atoms with Crippen molar-refractivity contribution in [3.63, 3.8) is 0 Å². The SMILES string of the molecule is CC1CCC(Oc2ccc(CO)nn2)CC1. The van der Waals surface area contributed by atoms with Gasteiger partial charge in [0.05, 0.1) is 12.3 Å². The first-order chi connectivity index (χ1) is 7.78. The minimum atomic E-state index is -0.0752. The zero-order valence-corrected chi connectivity index (χ0v) is 9.59. The van der Waals surface area contributed by atoms with Crippen molar-refractivity contribution in [2.24, 2.45) is 5.92 Å². The number of hydrogen-bond donors (Lipinski definition) is 1. The lowest BCUT2D eigenvalue weighted by Crippen LogP contribution is -2.23. The molecule has 0 spiro atoms. The Morgan fingerprint density at radius 3 is 2.56 bits per heavy atom. The molecule has 88 valence electrons. The van der Waals surface area contributed by atoms with Crippen LogP contribution in [-0.4, -0.2) is 21.4 Å². The number of aliphatic hydroxyl groups excluding tert-OH is 1. The molecule has 0 saturated heterocycles. The predicted molar refractivity (Wildman–Crippen MR) is 60.0 cm³/mol. The van der Waals surface area contributed by atoms with E-state index in [1.807, 2.05) is 0 Å². The van der Waals surface area contributed by atoms with Gasteiger partial charge in [0.25, 0.3) is 0 Å². The molecule has 1 N–H and O–H groups in total. The van der Waals surface area contributed by atoms with Gasteiger partial charge in [0.15, 0.2) is 0 Å². The summed E-state index contributed by atoms with van der Waals surface area (Å²) in [7, 11) is 0. The third kappa shape index (κ3) is 2.92. The third-order valence-corrected chi connectivity index (χ3v) is 3.11. The second kappa shape index (κ2) is 5.25. The summed E-state index contributed by atoms with van der Waals surface area (Å²) in [5.41, 5.74) is 0.574. The summed E-state index contributed by atoms with van der Waals surface area (Å²) in [5.74, 6) is 1.39. The van der Waals surface area contributed by atoms with Gasteiger partial charge < -0.3 is 9.84 Å². The van der Waals surface area contributed by atoms with E-state index in [9.17, 15) is 0 Å². The van der Waals surface area contributed by atoms with E-state index in [1.54, 1.807) is 12.1 Å². The molecule has 1 saturated carbocycles. The second-order valence-corrected chi connectivity index (χ2v) is 4.52. The minimum absolute atomic E-state index is 0.0752. The van der Waals surface area contributed by atoms with Gasteiger partial charge in [-0.05, 0) is 37.7 Å². The highest BCUT2D eigenvalue weighted by Crippen LogP contribution is 2.26. The molecule has 1 heterocycles. The molecule has 4 nitrogen and oxygen atoms in total. The van der Waals surface area contributed by atoms with Gasteiger partial charge in [-0.15, -0.1) is 10.2 Å². The summed E-state index contributed by atoms with van der Waals surface area (Å²) in [5, 5.41) is 16.6. The molecule has 0 radical (unpaired) electrons. The summed E-state index contributed by atoms with van der Waals surface area (Å²) in [6, 6.07) is 3.52. The maximum atomic E-state index is 8.84. The number of aliphatic hydroxyl groups is 1. The molecular weight excluding hydrogens is 204 g/mol. The molecule has 0 atom stereocenters. The molecule has 1 aromatic rings.